The molecular formula is C15H24N2O4. The molecule has 1 aromatic rings. The lowest BCUT2D eigenvalue weighted by Crippen LogP contribution is -2.39. The molecule has 0 fully saturated rings. The maximum absolute atomic E-state index is 10.8. The van der Waals surface area contributed by atoms with Crippen LogP contribution in [-0.4, -0.2) is 30.7 Å². The molecule has 1 rings (SSSR count). The Morgan fingerprint density at radius 1 is 1.33 bits per heavy atom. The minimum atomic E-state index is -0.448. The van der Waals surface area contributed by atoms with Crippen LogP contribution >= 0.6 is 0 Å². The SMILES string of the molecule is COc1ccc([N+](=O)[O-])cc1OCC(C)CNC(C)(C)C. The Bertz CT molecular complexity index is 483. The Morgan fingerprint density at radius 2 is 2.00 bits per heavy atom. The van der Waals surface area contributed by atoms with E-state index in [0.29, 0.717) is 18.1 Å². The van der Waals surface area contributed by atoms with Crippen molar-refractivity contribution in [1.29, 1.82) is 0 Å². The van der Waals surface area contributed by atoms with E-state index in [1.165, 1.54) is 19.2 Å². The van der Waals surface area contributed by atoms with Crippen LogP contribution in [0.25, 0.3) is 0 Å². The largest absolute Gasteiger partial charge is 0.493 e. The Labute approximate surface area is 125 Å². The summed E-state index contributed by atoms with van der Waals surface area (Å²) in [6, 6.07) is 4.34. The van der Waals surface area contributed by atoms with Crippen LogP contribution in [0.3, 0.4) is 0 Å². The Hall–Kier alpha value is -1.82. The Balaban J connectivity index is 2.65. The van der Waals surface area contributed by atoms with Crippen molar-refractivity contribution in [2.24, 2.45) is 5.92 Å². The topological polar surface area (TPSA) is 73.6 Å². The molecule has 1 N–H and O–H groups in total. The first kappa shape index (κ1) is 17.2. The number of nitrogens with one attached hydrogen (secondary N) is 1. The van der Waals surface area contributed by atoms with E-state index in [2.05, 4.69) is 33.0 Å². The zero-order valence-electron chi connectivity index (χ0n) is 13.3. The molecule has 0 amide bonds. The van der Waals surface area contributed by atoms with Gasteiger partial charge in [0.25, 0.3) is 5.69 Å². The molecule has 1 aromatic carbocycles. The lowest BCUT2D eigenvalue weighted by Gasteiger charge is -2.23. The monoisotopic (exact) mass is 296 g/mol. The normalized spacial score (nSPS) is 12.8. The van der Waals surface area contributed by atoms with Gasteiger partial charge in [-0.2, -0.15) is 0 Å². The summed E-state index contributed by atoms with van der Waals surface area (Å²) in [4.78, 5) is 10.4. The minimum absolute atomic E-state index is 0.00808. The molecular weight excluding hydrogens is 272 g/mol. The number of benzene rings is 1. The smallest absolute Gasteiger partial charge is 0.273 e. The number of rotatable bonds is 7. The van der Waals surface area contributed by atoms with Gasteiger partial charge in [0.15, 0.2) is 11.5 Å². The van der Waals surface area contributed by atoms with Gasteiger partial charge in [0.2, 0.25) is 0 Å². The molecule has 0 saturated heterocycles. The van der Waals surface area contributed by atoms with Gasteiger partial charge in [-0.3, -0.25) is 10.1 Å². The number of methoxy groups -OCH3 is 1. The summed E-state index contributed by atoms with van der Waals surface area (Å²) in [6.07, 6.45) is 0. The van der Waals surface area contributed by atoms with Crippen molar-refractivity contribution in [2.75, 3.05) is 20.3 Å². The van der Waals surface area contributed by atoms with Gasteiger partial charge in [0, 0.05) is 24.1 Å². The van der Waals surface area contributed by atoms with E-state index in [1.807, 2.05) is 0 Å². The van der Waals surface area contributed by atoms with Crippen LogP contribution < -0.4 is 14.8 Å². The van der Waals surface area contributed by atoms with E-state index in [4.69, 9.17) is 9.47 Å². The first-order valence-corrected chi connectivity index (χ1v) is 6.93. The molecule has 1 atom stereocenters. The minimum Gasteiger partial charge on any atom is -0.493 e. The zero-order valence-corrected chi connectivity index (χ0v) is 13.3. The highest BCUT2D eigenvalue weighted by Crippen LogP contribution is 2.31. The van der Waals surface area contributed by atoms with Gasteiger partial charge in [-0.05, 0) is 26.8 Å². The van der Waals surface area contributed by atoms with Gasteiger partial charge >= 0.3 is 0 Å². The lowest BCUT2D eigenvalue weighted by atomic mass is 10.1. The second-order valence-corrected chi connectivity index (χ2v) is 6.14. The van der Waals surface area contributed by atoms with Gasteiger partial charge in [-0.15, -0.1) is 0 Å². The van der Waals surface area contributed by atoms with Crippen LogP contribution in [0.4, 0.5) is 5.69 Å². The number of non-ortho nitro benzene ring substituents is 1. The Morgan fingerprint density at radius 3 is 2.52 bits per heavy atom. The van der Waals surface area contributed by atoms with Crippen molar-refractivity contribution in [1.82, 2.24) is 5.32 Å². The van der Waals surface area contributed by atoms with Gasteiger partial charge < -0.3 is 14.8 Å². The molecule has 1 unspecified atom stereocenters. The number of nitrogens with zero attached hydrogens (tertiary/aromatic N) is 1. The molecule has 0 aliphatic rings. The second kappa shape index (κ2) is 7.26. The van der Waals surface area contributed by atoms with Crippen LogP contribution in [0.2, 0.25) is 0 Å². The molecule has 0 saturated carbocycles. The van der Waals surface area contributed by atoms with Crippen molar-refractivity contribution < 1.29 is 14.4 Å². The average molecular weight is 296 g/mol. The predicted octanol–water partition coefficient (Wildman–Crippen LogP) is 3.01. The molecule has 21 heavy (non-hydrogen) atoms. The molecule has 0 spiro atoms. The highest BCUT2D eigenvalue weighted by atomic mass is 16.6. The van der Waals surface area contributed by atoms with E-state index in [9.17, 15) is 10.1 Å². The van der Waals surface area contributed by atoms with Gasteiger partial charge in [0.05, 0.1) is 24.7 Å². The third-order valence-corrected chi connectivity index (χ3v) is 2.86. The van der Waals surface area contributed by atoms with Crippen LogP contribution in [0.5, 0.6) is 11.5 Å². The summed E-state index contributed by atoms with van der Waals surface area (Å²) in [7, 11) is 1.51. The van der Waals surface area contributed by atoms with Crippen LogP contribution in [0.15, 0.2) is 18.2 Å². The molecule has 6 nitrogen and oxygen atoms in total. The summed E-state index contributed by atoms with van der Waals surface area (Å²) in [5, 5.41) is 14.2. The van der Waals surface area contributed by atoms with E-state index in [0.717, 1.165) is 6.54 Å². The van der Waals surface area contributed by atoms with Crippen LogP contribution in [0.1, 0.15) is 27.7 Å². The lowest BCUT2D eigenvalue weighted by molar-refractivity contribution is -0.385. The summed E-state index contributed by atoms with van der Waals surface area (Å²) in [5.74, 6) is 1.17. The number of nitro groups is 1. The summed E-state index contributed by atoms with van der Waals surface area (Å²) in [6.45, 7) is 9.63. The quantitative estimate of drug-likeness (QED) is 0.618. The number of ether oxygens (including phenoxy) is 2. The van der Waals surface area contributed by atoms with Gasteiger partial charge in [-0.1, -0.05) is 6.92 Å². The molecule has 0 aromatic heterocycles. The Kier molecular flexibility index (Phi) is 5.96. The summed E-state index contributed by atoms with van der Waals surface area (Å²) < 4.78 is 10.8. The van der Waals surface area contributed by atoms with Gasteiger partial charge in [0.1, 0.15) is 0 Å². The number of nitro benzene ring substituents is 1. The van der Waals surface area contributed by atoms with E-state index in [1.54, 1.807) is 6.07 Å². The summed E-state index contributed by atoms with van der Waals surface area (Å²) >= 11 is 0. The third kappa shape index (κ3) is 5.99. The highest BCUT2D eigenvalue weighted by molar-refractivity contribution is 5.48. The van der Waals surface area contributed by atoms with E-state index >= 15 is 0 Å². The van der Waals surface area contributed by atoms with Crippen molar-refractivity contribution >= 4 is 5.69 Å². The third-order valence-electron chi connectivity index (χ3n) is 2.86. The van der Waals surface area contributed by atoms with Crippen molar-refractivity contribution in [2.45, 2.75) is 33.2 Å². The predicted molar refractivity (Wildman–Crippen MR) is 82.1 cm³/mol. The molecule has 0 heterocycles. The van der Waals surface area contributed by atoms with Crippen molar-refractivity contribution in [3.05, 3.63) is 28.3 Å². The van der Waals surface area contributed by atoms with Crippen LogP contribution in [-0.2, 0) is 0 Å². The van der Waals surface area contributed by atoms with Crippen molar-refractivity contribution in [3.63, 3.8) is 0 Å². The average Bonchev–Trinajstić information content (AvgIpc) is 2.41. The van der Waals surface area contributed by atoms with E-state index in [-0.39, 0.29) is 17.1 Å². The molecule has 0 radical (unpaired) electrons. The fourth-order valence-corrected chi connectivity index (χ4v) is 1.66. The van der Waals surface area contributed by atoms with Crippen LogP contribution in [0, 0.1) is 16.0 Å². The maximum Gasteiger partial charge on any atom is 0.273 e. The standard InChI is InChI=1S/C15H24N2O4/c1-11(9-16-15(2,3)4)10-21-14-8-12(17(18)19)6-7-13(14)20-5/h6-8,11,16H,9-10H2,1-5H3. The molecule has 0 aliphatic heterocycles. The highest BCUT2D eigenvalue weighted by Gasteiger charge is 2.15. The molecule has 0 aliphatic carbocycles. The zero-order chi connectivity index (χ0) is 16.0. The molecule has 6 heteroatoms. The first-order chi connectivity index (χ1) is 9.73. The van der Waals surface area contributed by atoms with Crippen molar-refractivity contribution in [3.8, 4) is 11.5 Å². The fourth-order valence-electron chi connectivity index (χ4n) is 1.66. The number of hydrogen-bond donors (Lipinski definition) is 1. The molecule has 118 valence electrons. The summed E-state index contributed by atoms with van der Waals surface area (Å²) in [5.41, 5.74) is 0.0450. The van der Waals surface area contributed by atoms with E-state index < -0.39 is 4.92 Å². The molecule has 0 bridgehead atoms. The second-order valence-electron chi connectivity index (χ2n) is 6.14. The van der Waals surface area contributed by atoms with Gasteiger partial charge in [-0.25, -0.2) is 0 Å². The maximum atomic E-state index is 10.8. The first-order valence-electron chi connectivity index (χ1n) is 6.93. The number of hydrogen-bond acceptors (Lipinski definition) is 5. The fraction of sp³-hybridized carbons (Fsp3) is 0.600.